The van der Waals surface area contributed by atoms with Gasteiger partial charge in [0.1, 0.15) is 13.2 Å². The summed E-state index contributed by atoms with van der Waals surface area (Å²) in [6, 6.07) is 4.23. The van der Waals surface area contributed by atoms with Gasteiger partial charge in [-0.3, -0.25) is 14.3 Å². The standard InChI is InChI=1S/C12H13NO7S/c1-9(2)12(14)19-7-8-20-21(17,18)11-5-3-10(4-6-11)13(15)16/h3-6H,1,7-8H2,2H3. The Kier molecular flexibility index (Phi) is 5.56. The third-order valence-corrected chi connectivity index (χ3v) is 3.57. The number of esters is 1. The molecule has 1 aromatic rings. The summed E-state index contributed by atoms with van der Waals surface area (Å²) >= 11 is 0. The first-order valence-electron chi connectivity index (χ1n) is 5.70. The number of hydrogen-bond donors (Lipinski definition) is 0. The quantitative estimate of drug-likeness (QED) is 0.187. The number of hydrogen-bond acceptors (Lipinski definition) is 7. The largest absolute Gasteiger partial charge is 0.460 e. The lowest BCUT2D eigenvalue weighted by Gasteiger charge is -2.06. The minimum absolute atomic E-state index is 0.188. The van der Waals surface area contributed by atoms with Crippen molar-refractivity contribution in [3.05, 3.63) is 46.5 Å². The number of nitrogens with zero attached hydrogens (tertiary/aromatic N) is 1. The first-order chi connectivity index (χ1) is 9.74. The lowest BCUT2D eigenvalue weighted by Crippen LogP contribution is -2.14. The highest BCUT2D eigenvalue weighted by atomic mass is 32.2. The molecule has 0 aliphatic rings. The summed E-state index contributed by atoms with van der Waals surface area (Å²) < 4.78 is 32.8. The van der Waals surface area contributed by atoms with E-state index in [-0.39, 0.29) is 29.4 Å². The normalized spacial score (nSPS) is 10.9. The summed E-state index contributed by atoms with van der Waals surface area (Å²) in [5, 5.41) is 10.5. The average Bonchev–Trinajstić information content (AvgIpc) is 2.43. The van der Waals surface area contributed by atoms with Crippen molar-refractivity contribution in [2.24, 2.45) is 0 Å². The smallest absolute Gasteiger partial charge is 0.333 e. The molecule has 0 saturated heterocycles. The molecule has 0 radical (unpaired) electrons. The zero-order chi connectivity index (χ0) is 16.0. The van der Waals surface area contributed by atoms with Crippen molar-refractivity contribution < 1.29 is 27.1 Å². The third kappa shape index (κ3) is 4.97. The predicted octanol–water partition coefficient (Wildman–Crippen LogP) is 1.42. The Balaban J connectivity index is 2.59. The molecule has 8 nitrogen and oxygen atoms in total. The highest BCUT2D eigenvalue weighted by Crippen LogP contribution is 2.17. The van der Waals surface area contributed by atoms with Crippen LogP contribution in [0.25, 0.3) is 0 Å². The Bertz CT molecular complexity index is 649. The molecule has 0 amide bonds. The van der Waals surface area contributed by atoms with Gasteiger partial charge in [-0.2, -0.15) is 8.42 Å². The van der Waals surface area contributed by atoms with Gasteiger partial charge in [0.05, 0.1) is 9.82 Å². The first-order valence-corrected chi connectivity index (χ1v) is 7.11. The number of non-ortho nitro benzene ring substituents is 1. The number of benzene rings is 1. The van der Waals surface area contributed by atoms with Crippen LogP contribution in [0.15, 0.2) is 41.3 Å². The fourth-order valence-corrected chi connectivity index (χ4v) is 2.10. The minimum atomic E-state index is -4.06. The SMILES string of the molecule is C=C(C)C(=O)OCCOS(=O)(=O)c1ccc([N+](=O)[O-])cc1. The molecular weight excluding hydrogens is 302 g/mol. The van der Waals surface area contributed by atoms with Gasteiger partial charge in [-0.25, -0.2) is 4.79 Å². The second kappa shape index (κ2) is 6.95. The molecule has 0 aliphatic heterocycles. The second-order valence-corrected chi connectivity index (χ2v) is 5.56. The molecule has 0 N–H and O–H groups in total. The van der Waals surface area contributed by atoms with Crippen LogP contribution >= 0.6 is 0 Å². The number of rotatable bonds is 7. The van der Waals surface area contributed by atoms with Crippen molar-refractivity contribution in [1.29, 1.82) is 0 Å². The topological polar surface area (TPSA) is 113 Å². The van der Waals surface area contributed by atoms with Crippen molar-refractivity contribution in [3.8, 4) is 0 Å². The highest BCUT2D eigenvalue weighted by molar-refractivity contribution is 7.86. The van der Waals surface area contributed by atoms with E-state index in [1.54, 1.807) is 0 Å². The average molecular weight is 315 g/mol. The van der Waals surface area contributed by atoms with Crippen LogP contribution < -0.4 is 0 Å². The number of nitro benzene ring substituents is 1. The van der Waals surface area contributed by atoms with E-state index >= 15 is 0 Å². The van der Waals surface area contributed by atoms with Gasteiger partial charge in [-0.15, -0.1) is 0 Å². The van der Waals surface area contributed by atoms with Gasteiger partial charge in [-0.05, 0) is 19.1 Å². The van der Waals surface area contributed by atoms with Gasteiger partial charge in [0.2, 0.25) is 0 Å². The number of ether oxygens (including phenoxy) is 1. The van der Waals surface area contributed by atoms with Gasteiger partial charge >= 0.3 is 5.97 Å². The van der Waals surface area contributed by atoms with E-state index in [4.69, 9.17) is 0 Å². The molecule has 114 valence electrons. The Morgan fingerprint density at radius 1 is 1.29 bits per heavy atom. The van der Waals surface area contributed by atoms with Gasteiger partial charge in [0.15, 0.2) is 0 Å². The summed E-state index contributed by atoms with van der Waals surface area (Å²) in [5.74, 6) is -0.647. The Hall–Kier alpha value is -2.26. The number of carbonyl (C=O) groups is 1. The molecule has 0 atom stereocenters. The van der Waals surface area contributed by atoms with Gasteiger partial charge in [0, 0.05) is 17.7 Å². The van der Waals surface area contributed by atoms with Crippen LogP contribution in [-0.2, 0) is 23.8 Å². The van der Waals surface area contributed by atoms with Crippen molar-refractivity contribution in [3.63, 3.8) is 0 Å². The van der Waals surface area contributed by atoms with Crippen LogP contribution in [0.1, 0.15) is 6.92 Å². The monoisotopic (exact) mass is 315 g/mol. The maximum Gasteiger partial charge on any atom is 0.333 e. The van der Waals surface area contributed by atoms with Crippen LogP contribution in [0, 0.1) is 10.1 Å². The minimum Gasteiger partial charge on any atom is -0.460 e. The fourth-order valence-electron chi connectivity index (χ4n) is 1.20. The molecule has 0 aliphatic carbocycles. The molecule has 0 fully saturated rings. The molecule has 21 heavy (non-hydrogen) atoms. The maximum atomic E-state index is 11.7. The molecule has 9 heteroatoms. The van der Waals surface area contributed by atoms with Gasteiger partial charge in [0.25, 0.3) is 15.8 Å². The van der Waals surface area contributed by atoms with Crippen molar-refractivity contribution in [1.82, 2.24) is 0 Å². The summed E-state index contributed by atoms with van der Waals surface area (Å²) in [7, 11) is -4.06. The first kappa shape index (κ1) is 16.8. The van der Waals surface area contributed by atoms with Crippen molar-refractivity contribution in [2.45, 2.75) is 11.8 Å². The molecule has 1 rings (SSSR count). The highest BCUT2D eigenvalue weighted by Gasteiger charge is 2.17. The van der Waals surface area contributed by atoms with Crippen molar-refractivity contribution >= 4 is 21.8 Å². The Labute approximate surface area is 121 Å². The second-order valence-electron chi connectivity index (χ2n) is 3.94. The summed E-state index contributed by atoms with van der Waals surface area (Å²) in [4.78, 5) is 20.6. The summed E-state index contributed by atoms with van der Waals surface area (Å²) in [6.07, 6.45) is 0. The fraction of sp³-hybridized carbons (Fsp3) is 0.250. The van der Waals surface area contributed by atoms with Crippen LogP contribution in [0.5, 0.6) is 0 Å². The molecule has 0 aromatic heterocycles. The summed E-state index contributed by atoms with van der Waals surface area (Å²) in [6.45, 7) is 4.20. The molecular formula is C12H13NO7S. The molecule has 0 heterocycles. The lowest BCUT2D eigenvalue weighted by molar-refractivity contribution is -0.384. The maximum absolute atomic E-state index is 11.7. The Morgan fingerprint density at radius 3 is 2.33 bits per heavy atom. The van der Waals surface area contributed by atoms with Gasteiger partial charge < -0.3 is 4.74 Å². The zero-order valence-electron chi connectivity index (χ0n) is 11.1. The zero-order valence-corrected chi connectivity index (χ0v) is 12.0. The molecule has 0 unspecified atom stereocenters. The van der Waals surface area contributed by atoms with E-state index < -0.39 is 21.0 Å². The van der Waals surface area contributed by atoms with E-state index in [1.807, 2.05) is 0 Å². The van der Waals surface area contributed by atoms with Gasteiger partial charge in [-0.1, -0.05) is 6.58 Å². The molecule has 0 spiro atoms. The van der Waals surface area contributed by atoms with E-state index in [9.17, 15) is 23.3 Å². The van der Waals surface area contributed by atoms with Crippen LogP contribution in [0.3, 0.4) is 0 Å². The Morgan fingerprint density at radius 2 is 1.86 bits per heavy atom. The van der Waals surface area contributed by atoms with E-state index in [2.05, 4.69) is 15.5 Å². The van der Waals surface area contributed by atoms with Crippen molar-refractivity contribution in [2.75, 3.05) is 13.2 Å². The molecule has 1 aromatic carbocycles. The van der Waals surface area contributed by atoms with E-state index in [0.717, 1.165) is 24.3 Å². The molecule has 0 bridgehead atoms. The van der Waals surface area contributed by atoms with E-state index in [1.165, 1.54) is 6.92 Å². The predicted molar refractivity (Wildman–Crippen MR) is 72.0 cm³/mol. The lowest BCUT2D eigenvalue weighted by atomic mass is 10.3. The van der Waals surface area contributed by atoms with E-state index in [0.29, 0.717) is 0 Å². The van der Waals surface area contributed by atoms with Crippen LogP contribution in [0.4, 0.5) is 5.69 Å². The number of carbonyl (C=O) groups excluding carboxylic acids is 1. The summed E-state index contributed by atoms with van der Waals surface area (Å²) in [5.41, 5.74) is -0.0439. The third-order valence-electron chi connectivity index (χ3n) is 2.24. The van der Waals surface area contributed by atoms with Crippen LogP contribution in [-0.4, -0.2) is 32.5 Å². The van der Waals surface area contributed by atoms with Crippen LogP contribution in [0.2, 0.25) is 0 Å². The number of nitro groups is 1. The molecule has 0 saturated carbocycles.